The molecule has 0 saturated carbocycles. The second kappa shape index (κ2) is 11.1. The Bertz CT molecular complexity index is 1590. The third kappa shape index (κ3) is 5.04. The average Bonchev–Trinajstić information content (AvgIpc) is 3.56. The van der Waals surface area contributed by atoms with Gasteiger partial charge in [-0.2, -0.15) is 0 Å². The first-order valence-corrected chi connectivity index (χ1v) is 12.6. The van der Waals surface area contributed by atoms with Crippen LogP contribution in [-0.2, 0) is 19.5 Å². The van der Waals surface area contributed by atoms with Crippen LogP contribution in [0.15, 0.2) is 83.7 Å². The second-order valence-electron chi connectivity index (χ2n) is 9.14. The first-order chi connectivity index (χ1) is 18.6. The van der Waals surface area contributed by atoms with Gasteiger partial charge < -0.3 is 5.11 Å². The highest BCUT2D eigenvalue weighted by Crippen LogP contribution is 2.30. The molecule has 0 saturated heterocycles. The number of nitrogens with zero attached hydrogens (tertiary/aromatic N) is 5. The average molecular weight is 509 g/mol. The van der Waals surface area contributed by atoms with E-state index in [1.165, 1.54) is 4.57 Å². The van der Waals surface area contributed by atoms with Crippen LogP contribution in [0.3, 0.4) is 0 Å². The van der Waals surface area contributed by atoms with Crippen molar-refractivity contribution < 1.29 is 9.90 Å². The van der Waals surface area contributed by atoms with E-state index in [-0.39, 0.29) is 24.5 Å². The van der Waals surface area contributed by atoms with Gasteiger partial charge in [0.1, 0.15) is 0 Å². The summed E-state index contributed by atoms with van der Waals surface area (Å²) in [6, 6.07) is 25.2. The fourth-order valence-corrected chi connectivity index (χ4v) is 4.74. The van der Waals surface area contributed by atoms with Crippen LogP contribution in [0, 0.1) is 0 Å². The predicted octanol–water partition coefficient (Wildman–Crippen LogP) is 4.63. The molecule has 0 amide bonds. The minimum atomic E-state index is -1.09. The molecule has 38 heavy (non-hydrogen) atoms. The Kier molecular flexibility index (Phi) is 7.26. The van der Waals surface area contributed by atoms with E-state index in [1.807, 2.05) is 78.9 Å². The van der Waals surface area contributed by atoms with Gasteiger partial charge in [0.15, 0.2) is 11.5 Å². The Labute approximate surface area is 219 Å². The number of aromatic carboxylic acids is 1. The van der Waals surface area contributed by atoms with Crippen LogP contribution in [0.5, 0.6) is 0 Å². The molecule has 9 heteroatoms. The van der Waals surface area contributed by atoms with Crippen LogP contribution >= 0.6 is 0 Å². The van der Waals surface area contributed by atoms with Crippen LogP contribution in [0.4, 0.5) is 0 Å². The minimum absolute atomic E-state index is 0.0681. The maximum atomic E-state index is 13.6. The number of tetrazole rings is 1. The third-order valence-corrected chi connectivity index (χ3v) is 6.62. The van der Waals surface area contributed by atoms with Crippen LogP contribution in [0.1, 0.15) is 47.1 Å². The SMILES string of the molecule is CCCCc1c(C(=O)O)n(Cc2ccccc2)c(=O)n1Cc1ccc(-c2ccccc2-c2nnn[nH]2)cc1. The van der Waals surface area contributed by atoms with Gasteiger partial charge in [-0.1, -0.05) is 92.2 Å². The van der Waals surface area contributed by atoms with E-state index in [1.54, 1.807) is 4.57 Å². The fourth-order valence-electron chi connectivity index (χ4n) is 4.74. The zero-order valence-corrected chi connectivity index (χ0v) is 21.0. The van der Waals surface area contributed by atoms with E-state index in [2.05, 4.69) is 27.5 Å². The van der Waals surface area contributed by atoms with Crippen molar-refractivity contribution in [2.75, 3.05) is 0 Å². The highest BCUT2D eigenvalue weighted by Gasteiger charge is 2.25. The largest absolute Gasteiger partial charge is 0.477 e. The van der Waals surface area contributed by atoms with Crippen molar-refractivity contribution in [3.05, 3.63) is 112 Å². The van der Waals surface area contributed by atoms with E-state index in [0.29, 0.717) is 17.9 Å². The monoisotopic (exact) mass is 508 g/mol. The topological polar surface area (TPSA) is 119 Å². The minimum Gasteiger partial charge on any atom is -0.477 e. The summed E-state index contributed by atoms with van der Waals surface area (Å²) < 4.78 is 3.00. The number of hydrogen-bond donors (Lipinski definition) is 2. The number of unbranched alkanes of at least 4 members (excludes halogenated alkanes) is 1. The molecule has 0 atom stereocenters. The lowest BCUT2D eigenvalue weighted by Crippen LogP contribution is -2.27. The third-order valence-electron chi connectivity index (χ3n) is 6.62. The molecule has 0 radical (unpaired) electrons. The van der Waals surface area contributed by atoms with Gasteiger partial charge in [0.25, 0.3) is 0 Å². The molecule has 0 fully saturated rings. The maximum absolute atomic E-state index is 13.6. The number of benzene rings is 3. The lowest BCUT2D eigenvalue weighted by atomic mass is 9.98. The number of carboxylic acid groups (broad SMARTS) is 1. The van der Waals surface area contributed by atoms with Crippen LogP contribution in [0.2, 0.25) is 0 Å². The fraction of sp³-hybridized carbons (Fsp3) is 0.207. The molecule has 5 rings (SSSR count). The Morgan fingerprint density at radius 3 is 2.18 bits per heavy atom. The molecule has 2 heterocycles. The van der Waals surface area contributed by atoms with Crippen molar-refractivity contribution in [1.29, 1.82) is 0 Å². The molecule has 3 aromatic carbocycles. The van der Waals surface area contributed by atoms with Crippen LogP contribution < -0.4 is 5.69 Å². The van der Waals surface area contributed by atoms with Gasteiger partial charge in [-0.15, -0.1) is 5.10 Å². The molecule has 0 bridgehead atoms. The van der Waals surface area contributed by atoms with Crippen molar-refractivity contribution in [1.82, 2.24) is 29.8 Å². The van der Waals surface area contributed by atoms with Crippen molar-refractivity contribution in [3.63, 3.8) is 0 Å². The van der Waals surface area contributed by atoms with E-state index in [9.17, 15) is 14.7 Å². The highest BCUT2D eigenvalue weighted by atomic mass is 16.4. The van der Waals surface area contributed by atoms with Gasteiger partial charge in [0.2, 0.25) is 0 Å². The number of aromatic nitrogens is 6. The number of imidazole rings is 1. The Morgan fingerprint density at radius 2 is 1.53 bits per heavy atom. The number of rotatable bonds is 10. The first-order valence-electron chi connectivity index (χ1n) is 12.6. The summed E-state index contributed by atoms with van der Waals surface area (Å²) >= 11 is 0. The Hall–Kier alpha value is -4.79. The number of carboxylic acids is 1. The van der Waals surface area contributed by atoms with Crippen molar-refractivity contribution in [2.24, 2.45) is 0 Å². The summed E-state index contributed by atoms with van der Waals surface area (Å²) in [5, 5.41) is 24.3. The number of H-pyrrole nitrogens is 1. The smallest absolute Gasteiger partial charge is 0.354 e. The molecule has 0 unspecified atom stereocenters. The zero-order valence-electron chi connectivity index (χ0n) is 21.0. The number of carbonyl (C=O) groups is 1. The molecule has 192 valence electrons. The van der Waals surface area contributed by atoms with E-state index >= 15 is 0 Å². The lowest BCUT2D eigenvalue weighted by molar-refractivity contribution is 0.0683. The number of hydrogen-bond acceptors (Lipinski definition) is 5. The van der Waals surface area contributed by atoms with Crippen molar-refractivity contribution in [2.45, 2.75) is 39.3 Å². The van der Waals surface area contributed by atoms with Gasteiger partial charge >= 0.3 is 11.7 Å². The van der Waals surface area contributed by atoms with Crippen molar-refractivity contribution in [3.8, 4) is 22.5 Å². The summed E-state index contributed by atoms with van der Waals surface area (Å²) in [5.74, 6) is -0.505. The molecule has 0 aliphatic carbocycles. The summed E-state index contributed by atoms with van der Waals surface area (Å²) in [5.41, 5.74) is 4.93. The standard InChI is InChI=1S/C29H28N6O3/c1-2-3-13-25-26(28(36)37)35(19-20-9-5-4-6-10-20)29(38)34(25)18-21-14-16-22(17-15-21)23-11-7-8-12-24(23)27-30-32-33-31-27/h4-12,14-17H,2-3,13,18-19H2,1H3,(H,36,37)(H,30,31,32,33). The molecule has 0 spiro atoms. The summed E-state index contributed by atoms with van der Waals surface area (Å²) in [6.45, 7) is 2.54. The predicted molar refractivity (Wildman–Crippen MR) is 144 cm³/mol. The normalized spacial score (nSPS) is 11.1. The molecule has 2 N–H and O–H groups in total. The van der Waals surface area contributed by atoms with Gasteiger partial charge in [-0.05, 0) is 45.5 Å². The zero-order chi connectivity index (χ0) is 26.5. The van der Waals surface area contributed by atoms with Gasteiger partial charge in [-0.25, -0.2) is 14.7 Å². The van der Waals surface area contributed by atoms with E-state index < -0.39 is 5.97 Å². The van der Waals surface area contributed by atoms with Crippen LogP contribution in [-0.4, -0.2) is 40.8 Å². The number of nitrogens with one attached hydrogen (secondary N) is 1. The highest BCUT2D eigenvalue weighted by molar-refractivity contribution is 5.87. The van der Waals surface area contributed by atoms with Crippen molar-refractivity contribution >= 4 is 5.97 Å². The Morgan fingerprint density at radius 1 is 0.868 bits per heavy atom. The van der Waals surface area contributed by atoms with Gasteiger partial charge in [0, 0.05) is 5.56 Å². The Balaban J connectivity index is 1.51. The molecular weight excluding hydrogens is 480 g/mol. The number of aromatic amines is 1. The molecule has 5 aromatic rings. The first kappa shape index (κ1) is 24.9. The van der Waals surface area contributed by atoms with Gasteiger partial charge in [-0.3, -0.25) is 9.13 Å². The lowest BCUT2D eigenvalue weighted by Gasteiger charge is -2.10. The maximum Gasteiger partial charge on any atom is 0.354 e. The van der Waals surface area contributed by atoms with E-state index in [4.69, 9.17) is 0 Å². The van der Waals surface area contributed by atoms with Crippen LogP contribution in [0.25, 0.3) is 22.5 Å². The molecule has 0 aliphatic heterocycles. The molecule has 9 nitrogen and oxygen atoms in total. The molecule has 2 aromatic heterocycles. The quantitative estimate of drug-likeness (QED) is 0.284. The summed E-state index contributed by atoms with van der Waals surface area (Å²) in [6.07, 6.45) is 2.21. The molecule has 0 aliphatic rings. The molecular formula is C29H28N6O3. The second-order valence-corrected chi connectivity index (χ2v) is 9.14. The van der Waals surface area contributed by atoms with E-state index in [0.717, 1.165) is 40.7 Å². The summed E-state index contributed by atoms with van der Waals surface area (Å²) in [4.78, 5) is 25.9. The van der Waals surface area contributed by atoms with Gasteiger partial charge in [0.05, 0.1) is 18.8 Å². The summed E-state index contributed by atoms with van der Waals surface area (Å²) in [7, 11) is 0.